The Bertz CT molecular complexity index is 1020. The van der Waals surface area contributed by atoms with E-state index in [0.29, 0.717) is 0 Å². The van der Waals surface area contributed by atoms with Crippen molar-refractivity contribution in [2.75, 3.05) is 0 Å². The highest BCUT2D eigenvalue weighted by Gasteiger charge is 2.22. The molecule has 0 spiro atoms. The fraction of sp³-hybridized carbons (Fsp3) is 0.227. The fourth-order valence-electron chi connectivity index (χ4n) is 3.29. The molecule has 4 heterocycles. The molecule has 1 aromatic heterocycles. The van der Waals surface area contributed by atoms with Gasteiger partial charge >= 0.3 is 0 Å². The van der Waals surface area contributed by atoms with Crippen LogP contribution in [-0.4, -0.2) is 29.2 Å². The van der Waals surface area contributed by atoms with Gasteiger partial charge in [0.15, 0.2) is 0 Å². The maximum atomic E-state index is 4.81. The number of rotatable bonds is 3. The third-order valence-electron chi connectivity index (χ3n) is 4.76. The van der Waals surface area contributed by atoms with Crippen molar-refractivity contribution in [1.29, 1.82) is 0 Å². The van der Waals surface area contributed by atoms with Crippen molar-refractivity contribution in [2.45, 2.75) is 33.7 Å². The van der Waals surface area contributed by atoms with Crippen LogP contribution in [0.25, 0.3) is 12.2 Å². The number of aliphatic imine (C=N–C) groups is 3. The summed E-state index contributed by atoms with van der Waals surface area (Å²) in [5, 5.41) is 0. The van der Waals surface area contributed by atoms with Gasteiger partial charge < -0.3 is 4.98 Å². The lowest BCUT2D eigenvalue weighted by Gasteiger charge is -2.06. The zero-order chi connectivity index (χ0) is 18.3. The maximum absolute atomic E-state index is 4.81. The second kappa shape index (κ2) is 6.37. The normalized spacial score (nSPS) is 24.5. The summed E-state index contributed by atoms with van der Waals surface area (Å²) in [7, 11) is 0. The van der Waals surface area contributed by atoms with E-state index in [1.165, 1.54) is 22.3 Å². The number of aromatic amines is 1. The molecule has 0 bridgehead atoms. The van der Waals surface area contributed by atoms with Gasteiger partial charge in [-0.2, -0.15) is 0 Å². The van der Waals surface area contributed by atoms with Gasteiger partial charge in [0.2, 0.25) is 0 Å². The van der Waals surface area contributed by atoms with E-state index in [4.69, 9.17) is 4.99 Å². The first-order valence-electron chi connectivity index (χ1n) is 8.82. The predicted octanol–water partition coefficient (Wildman–Crippen LogP) is 4.84. The molecule has 0 radical (unpaired) electrons. The monoisotopic (exact) mass is 342 g/mol. The van der Waals surface area contributed by atoms with Gasteiger partial charge in [0.25, 0.3) is 0 Å². The second-order valence-electron chi connectivity index (χ2n) is 7.04. The van der Waals surface area contributed by atoms with E-state index in [-0.39, 0.29) is 6.04 Å². The van der Waals surface area contributed by atoms with Crippen molar-refractivity contribution >= 4 is 30.3 Å². The van der Waals surface area contributed by atoms with E-state index < -0.39 is 0 Å². The summed E-state index contributed by atoms with van der Waals surface area (Å²) in [5.74, 6) is 0. The molecular formula is C22H22N4. The SMILES string of the molecule is CC1=CC(=Cc2[nH]c(/C=C3/N=C(C4N=CC=C4C)C=C3C)cc2C)N=C1. The third-order valence-corrected chi connectivity index (χ3v) is 4.76. The molecule has 4 nitrogen and oxygen atoms in total. The zero-order valence-corrected chi connectivity index (χ0v) is 15.5. The molecule has 0 fully saturated rings. The smallest absolute Gasteiger partial charge is 0.113 e. The molecule has 0 amide bonds. The molecule has 1 aromatic rings. The average molecular weight is 342 g/mol. The Kier molecular flexibility index (Phi) is 4.03. The van der Waals surface area contributed by atoms with E-state index in [1.807, 2.05) is 18.5 Å². The minimum Gasteiger partial charge on any atom is -0.355 e. The van der Waals surface area contributed by atoms with Gasteiger partial charge in [-0.15, -0.1) is 0 Å². The van der Waals surface area contributed by atoms with Crippen LogP contribution in [0, 0.1) is 6.92 Å². The first-order valence-corrected chi connectivity index (χ1v) is 8.82. The van der Waals surface area contributed by atoms with Crippen molar-refractivity contribution in [1.82, 2.24) is 4.98 Å². The number of hydrogen-bond acceptors (Lipinski definition) is 3. The van der Waals surface area contributed by atoms with Crippen molar-refractivity contribution in [3.63, 3.8) is 0 Å². The number of nitrogens with zero attached hydrogens (tertiary/aromatic N) is 3. The Balaban J connectivity index is 1.61. The first kappa shape index (κ1) is 16.5. The molecule has 1 atom stereocenters. The van der Waals surface area contributed by atoms with Crippen molar-refractivity contribution in [2.24, 2.45) is 15.0 Å². The minimum absolute atomic E-state index is 0.0665. The zero-order valence-electron chi connectivity index (χ0n) is 15.5. The standard InChI is InChI=1S/C22H22N4/c1-13-7-17(24-12-13)10-19-15(3)8-18(25-19)11-20-16(4)9-21(26-20)22-14(2)5-6-23-22/h5-12,22,25H,1-4H3/b17-10?,20-11+. The number of aryl methyl sites for hydroxylation is 1. The van der Waals surface area contributed by atoms with E-state index in [2.05, 4.69) is 73.0 Å². The second-order valence-corrected chi connectivity index (χ2v) is 7.04. The van der Waals surface area contributed by atoms with Gasteiger partial charge in [-0.05, 0) is 86.4 Å². The van der Waals surface area contributed by atoms with Crippen molar-refractivity contribution < 1.29 is 0 Å². The van der Waals surface area contributed by atoms with Crippen LogP contribution < -0.4 is 0 Å². The van der Waals surface area contributed by atoms with Crippen LogP contribution in [0.15, 0.2) is 67.4 Å². The largest absolute Gasteiger partial charge is 0.355 e. The Morgan fingerprint density at radius 3 is 2.62 bits per heavy atom. The first-order chi connectivity index (χ1) is 12.5. The number of hydrogen-bond donors (Lipinski definition) is 1. The topological polar surface area (TPSA) is 52.9 Å². The molecule has 0 saturated heterocycles. The van der Waals surface area contributed by atoms with E-state index in [0.717, 1.165) is 28.5 Å². The van der Waals surface area contributed by atoms with E-state index in [9.17, 15) is 0 Å². The Hall–Kier alpha value is -3.01. The van der Waals surface area contributed by atoms with E-state index >= 15 is 0 Å². The van der Waals surface area contributed by atoms with Crippen LogP contribution in [0.3, 0.4) is 0 Å². The predicted molar refractivity (Wildman–Crippen MR) is 111 cm³/mol. The van der Waals surface area contributed by atoms with Crippen LogP contribution in [0.4, 0.5) is 0 Å². The van der Waals surface area contributed by atoms with E-state index in [1.54, 1.807) is 0 Å². The summed E-state index contributed by atoms with van der Waals surface area (Å²) in [6.45, 7) is 8.35. The summed E-state index contributed by atoms with van der Waals surface area (Å²) >= 11 is 0. The van der Waals surface area contributed by atoms with Crippen LogP contribution in [-0.2, 0) is 0 Å². The van der Waals surface area contributed by atoms with Crippen LogP contribution in [0.5, 0.6) is 0 Å². The number of H-pyrrole nitrogens is 1. The highest BCUT2D eigenvalue weighted by atomic mass is 14.9. The lowest BCUT2D eigenvalue weighted by Crippen LogP contribution is -2.14. The van der Waals surface area contributed by atoms with Gasteiger partial charge in [0, 0.05) is 23.8 Å². The Labute approximate surface area is 153 Å². The molecular weight excluding hydrogens is 320 g/mol. The molecule has 1 N–H and O–H groups in total. The molecule has 0 saturated carbocycles. The highest BCUT2D eigenvalue weighted by Crippen LogP contribution is 2.27. The fourth-order valence-corrected chi connectivity index (χ4v) is 3.29. The summed E-state index contributed by atoms with van der Waals surface area (Å²) < 4.78 is 0. The van der Waals surface area contributed by atoms with Gasteiger partial charge in [-0.25, -0.2) is 0 Å². The Morgan fingerprint density at radius 1 is 1.08 bits per heavy atom. The number of nitrogens with one attached hydrogen (secondary N) is 1. The molecule has 0 aromatic carbocycles. The molecule has 4 heteroatoms. The van der Waals surface area contributed by atoms with Crippen LogP contribution in [0.1, 0.15) is 37.7 Å². The molecule has 0 aliphatic carbocycles. The van der Waals surface area contributed by atoms with Gasteiger partial charge in [0.1, 0.15) is 6.04 Å². The molecule has 3 aliphatic heterocycles. The van der Waals surface area contributed by atoms with Crippen molar-refractivity contribution in [3.8, 4) is 0 Å². The van der Waals surface area contributed by atoms with Crippen LogP contribution >= 0.6 is 0 Å². The summed E-state index contributed by atoms with van der Waals surface area (Å²) in [4.78, 5) is 17.2. The molecule has 4 rings (SSSR count). The molecule has 26 heavy (non-hydrogen) atoms. The number of allylic oxidation sites excluding steroid dienone is 4. The average Bonchev–Trinajstić information content (AvgIpc) is 3.33. The van der Waals surface area contributed by atoms with Crippen LogP contribution in [0.2, 0.25) is 0 Å². The lowest BCUT2D eigenvalue weighted by atomic mass is 10.1. The quantitative estimate of drug-likeness (QED) is 0.817. The van der Waals surface area contributed by atoms with Gasteiger partial charge in [0.05, 0.1) is 17.1 Å². The molecule has 130 valence electrons. The lowest BCUT2D eigenvalue weighted by molar-refractivity contribution is 1.03. The van der Waals surface area contributed by atoms with Crippen molar-refractivity contribution in [3.05, 3.63) is 69.4 Å². The maximum Gasteiger partial charge on any atom is 0.113 e. The third kappa shape index (κ3) is 3.10. The van der Waals surface area contributed by atoms with Gasteiger partial charge in [-0.3, -0.25) is 15.0 Å². The summed E-state index contributed by atoms with van der Waals surface area (Å²) in [6.07, 6.45) is 14.2. The Morgan fingerprint density at radius 2 is 1.92 bits per heavy atom. The molecule has 1 unspecified atom stereocenters. The minimum atomic E-state index is 0.0665. The summed E-state index contributed by atoms with van der Waals surface area (Å²) in [6, 6.07) is 2.21. The molecule has 3 aliphatic rings. The highest BCUT2D eigenvalue weighted by molar-refractivity contribution is 6.08. The number of aromatic nitrogens is 1. The summed E-state index contributed by atoms with van der Waals surface area (Å²) in [5.41, 5.74) is 9.89. The van der Waals surface area contributed by atoms with Gasteiger partial charge in [-0.1, -0.05) is 0 Å².